The Bertz CT molecular complexity index is 291. The summed E-state index contributed by atoms with van der Waals surface area (Å²) < 4.78 is 0. The summed E-state index contributed by atoms with van der Waals surface area (Å²) in [6, 6.07) is -0.477. The van der Waals surface area contributed by atoms with Crippen molar-refractivity contribution in [1.82, 2.24) is 10.9 Å². The van der Waals surface area contributed by atoms with Crippen molar-refractivity contribution in [2.24, 2.45) is 0 Å². The van der Waals surface area contributed by atoms with E-state index >= 15 is 0 Å². The van der Waals surface area contributed by atoms with Crippen LogP contribution >= 0.6 is 11.8 Å². The number of nitrogens with one attached hydrogen (secondary N) is 2. The molecule has 3 N–H and O–H groups in total. The van der Waals surface area contributed by atoms with E-state index in [0.29, 0.717) is 6.42 Å². The summed E-state index contributed by atoms with van der Waals surface area (Å²) in [4.78, 5) is 11.1. The molecule has 0 radical (unpaired) electrons. The molecule has 1 atom stereocenters. The first-order valence-electron chi connectivity index (χ1n) is 10.4. The molecule has 0 unspecified atom stereocenters. The van der Waals surface area contributed by atoms with Gasteiger partial charge in [0.05, 0.1) is 0 Å². The molecule has 0 rings (SSSR count). The Morgan fingerprint density at radius 1 is 0.880 bits per heavy atom. The molecule has 0 aromatic carbocycles. The van der Waals surface area contributed by atoms with Crippen LogP contribution in [0.4, 0.5) is 0 Å². The van der Waals surface area contributed by atoms with Crippen LogP contribution in [0, 0.1) is 0 Å². The Morgan fingerprint density at radius 2 is 1.36 bits per heavy atom. The standard InChI is InChI=1S/C20H42N2O2S/c1-3-4-5-6-7-8-9-10-11-12-13-14-15-17-21-22-19(20(23)24)16-18-25-2/h19,21-22H,3-18H2,1-2H3,(H,23,24)/t19-/m0/s1. The predicted molar refractivity (Wildman–Crippen MR) is 111 cm³/mol. The van der Waals surface area contributed by atoms with Gasteiger partial charge in [0.25, 0.3) is 0 Å². The Balaban J connectivity index is 3.24. The van der Waals surface area contributed by atoms with Crippen molar-refractivity contribution < 1.29 is 9.90 Å². The number of unbranched alkanes of at least 4 members (excludes halogenated alkanes) is 12. The van der Waals surface area contributed by atoms with Gasteiger partial charge >= 0.3 is 5.97 Å². The van der Waals surface area contributed by atoms with Crippen LogP contribution in [0.5, 0.6) is 0 Å². The molecule has 0 amide bonds. The second-order valence-electron chi connectivity index (χ2n) is 6.99. The van der Waals surface area contributed by atoms with Crippen LogP contribution in [0.1, 0.15) is 96.8 Å². The van der Waals surface area contributed by atoms with Crippen molar-refractivity contribution >= 4 is 17.7 Å². The van der Waals surface area contributed by atoms with Gasteiger partial charge in [-0.15, -0.1) is 0 Å². The number of aliphatic carboxylic acids is 1. The number of carboxylic acid groups (broad SMARTS) is 1. The number of thioether (sulfide) groups is 1. The van der Waals surface area contributed by atoms with E-state index in [0.717, 1.165) is 18.7 Å². The number of hydrogen-bond donors (Lipinski definition) is 3. The first kappa shape index (κ1) is 24.7. The maximum atomic E-state index is 11.1. The molecule has 0 fully saturated rings. The molecule has 5 heteroatoms. The molecule has 0 heterocycles. The van der Waals surface area contributed by atoms with Gasteiger partial charge in [0.15, 0.2) is 0 Å². The molecule has 0 aliphatic carbocycles. The lowest BCUT2D eigenvalue weighted by Gasteiger charge is -2.14. The van der Waals surface area contributed by atoms with Gasteiger partial charge in [-0.1, -0.05) is 84.0 Å². The van der Waals surface area contributed by atoms with Crippen LogP contribution in [0.25, 0.3) is 0 Å². The average Bonchev–Trinajstić information content (AvgIpc) is 2.60. The highest BCUT2D eigenvalue weighted by Gasteiger charge is 2.15. The van der Waals surface area contributed by atoms with Crippen molar-refractivity contribution in [3.63, 3.8) is 0 Å². The lowest BCUT2D eigenvalue weighted by molar-refractivity contribution is -0.139. The van der Waals surface area contributed by atoms with Gasteiger partial charge in [-0.2, -0.15) is 11.8 Å². The minimum absolute atomic E-state index is 0.477. The van der Waals surface area contributed by atoms with E-state index in [1.54, 1.807) is 11.8 Å². The first-order valence-corrected chi connectivity index (χ1v) is 11.8. The van der Waals surface area contributed by atoms with Crippen LogP contribution in [-0.4, -0.2) is 35.7 Å². The fourth-order valence-electron chi connectivity index (χ4n) is 2.92. The molecule has 25 heavy (non-hydrogen) atoms. The summed E-state index contributed by atoms with van der Waals surface area (Å²) in [5.74, 6) is 0.0941. The summed E-state index contributed by atoms with van der Waals surface area (Å²) >= 11 is 1.68. The normalized spacial score (nSPS) is 12.4. The van der Waals surface area contributed by atoms with E-state index in [4.69, 9.17) is 5.11 Å². The quantitative estimate of drug-likeness (QED) is 0.197. The highest BCUT2D eigenvalue weighted by atomic mass is 32.2. The molecule has 150 valence electrons. The molecule has 4 nitrogen and oxygen atoms in total. The first-order chi connectivity index (χ1) is 12.2. The lowest BCUT2D eigenvalue weighted by atomic mass is 10.0. The van der Waals surface area contributed by atoms with Crippen molar-refractivity contribution in [3.8, 4) is 0 Å². The second kappa shape index (κ2) is 20.1. The van der Waals surface area contributed by atoms with Gasteiger partial charge < -0.3 is 5.11 Å². The lowest BCUT2D eigenvalue weighted by Crippen LogP contribution is -2.46. The number of hydrazine groups is 1. The predicted octanol–water partition coefficient (Wildman–Crippen LogP) is 5.38. The molecule has 0 spiro atoms. The number of carbonyl (C=O) groups is 1. The number of carboxylic acids is 1. The van der Waals surface area contributed by atoms with Gasteiger partial charge in [0.2, 0.25) is 0 Å². The minimum Gasteiger partial charge on any atom is -0.480 e. The zero-order chi connectivity index (χ0) is 18.6. The highest BCUT2D eigenvalue weighted by molar-refractivity contribution is 7.98. The van der Waals surface area contributed by atoms with Crippen LogP contribution < -0.4 is 10.9 Å². The maximum Gasteiger partial charge on any atom is 0.322 e. The third-order valence-electron chi connectivity index (χ3n) is 4.59. The molecule has 0 aliphatic heterocycles. The van der Waals surface area contributed by atoms with Gasteiger partial charge in [-0.3, -0.25) is 10.2 Å². The minimum atomic E-state index is -0.771. The fraction of sp³-hybridized carbons (Fsp3) is 0.950. The number of rotatable bonds is 20. The van der Waals surface area contributed by atoms with Crippen molar-refractivity contribution in [2.45, 2.75) is 103 Å². The van der Waals surface area contributed by atoms with E-state index in [-0.39, 0.29) is 0 Å². The summed E-state index contributed by atoms with van der Waals surface area (Å²) in [6.45, 7) is 3.12. The Labute approximate surface area is 160 Å². The SMILES string of the molecule is CCCCCCCCCCCCCCCNN[C@@H](CCSC)C(=O)O. The molecule has 0 saturated carbocycles. The van der Waals surface area contributed by atoms with E-state index in [9.17, 15) is 4.79 Å². The molecule has 0 bridgehead atoms. The van der Waals surface area contributed by atoms with Gasteiger partial charge in [-0.05, 0) is 24.9 Å². The summed E-state index contributed by atoms with van der Waals surface area (Å²) in [7, 11) is 0. The zero-order valence-corrected chi connectivity index (χ0v) is 17.5. The fourth-order valence-corrected chi connectivity index (χ4v) is 3.39. The molecular weight excluding hydrogens is 332 g/mol. The van der Waals surface area contributed by atoms with E-state index < -0.39 is 12.0 Å². The summed E-state index contributed by atoms with van der Waals surface area (Å²) in [6.07, 6.45) is 20.2. The van der Waals surface area contributed by atoms with Gasteiger partial charge in [0, 0.05) is 6.54 Å². The summed E-state index contributed by atoms with van der Waals surface area (Å²) in [5, 5.41) is 9.10. The van der Waals surface area contributed by atoms with Gasteiger partial charge in [-0.25, -0.2) is 5.43 Å². The third kappa shape index (κ3) is 18.3. The third-order valence-corrected chi connectivity index (χ3v) is 5.23. The summed E-state index contributed by atoms with van der Waals surface area (Å²) in [5.41, 5.74) is 6.01. The van der Waals surface area contributed by atoms with E-state index in [1.807, 2.05) is 6.26 Å². The van der Waals surface area contributed by atoms with Crippen molar-refractivity contribution in [2.75, 3.05) is 18.6 Å². The van der Waals surface area contributed by atoms with Crippen LogP contribution in [0.3, 0.4) is 0 Å². The Morgan fingerprint density at radius 3 is 1.80 bits per heavy atom. The average molecular weight is 375 g/mol. The molecular formula is C20H42N2O2S. The molecule has 0 aliphatic rings. The zero-order valence-electron chi connectivity index (χ0n) is 16.7. The Hall–Kier alpha value is -0.260. The molecule has 0 saturated heterocycles. The highest BCUT2D eigenvalue weighted by Crippen LogP contribution is 2.12. The van der Waals surface area contributed by atoms with E-state index in [1.165, 1.54) is 77.0 Å². The van der Waals surface area contributed by atoms with Crippen molar-refractivity contribution in [3.05, 3.63) is 0 Å². The van der Waals surface area contributed by atoms with Crippen molar-refractivity contribution in [1.29, 1.82) is 0 Å². The topological polar surface area (TPSA) is 61.4 Å². The number of hydrogen-bond acceptors (Lipinski definition) is 4. The monoisotopic (exact) mass is 374 g/mol. The smallest absolute Gasteiger partial charge is 0.322 e. The molecule has 0 aromatic heterocycles. The second-order valence-corrected chi connectivity index (χ2v) is 7.97. The maximum absolute atomic E-state index is 11.1. The van der Waals surface area contributed by atoms with Crippen LogP contribution in [0.15, 0.2) is 0 Å². The van der Waals surface area contributed by atoms with Crippen LogP contribution in [0.2, 0.25) is 0 Å². The van der Waals surface area contributed by atoms with Crippen LogP contribution in [-0.2, 0) is 4.79 Å². The largest absolute Gasteiger partial charge is 0.480 e. The molecule has 0 aromatic rings. The Kier molecular flexibility index (Phi) is 19.8. The van der Waals surface area contributed by atoms with Gasteiger partial charge in [0.1, 0.15) is 6.04 Å². The van der Waals surface area contributed by atoms with E-state index in [2.05, 4.69) is 17.8 Å².